The van der Waals surface area contributed by atoms with Gasteiger partial charge in [-0.1, -0.05) is 0 Å². The fourth-order valence-electron chi connectivity index (χ4n) is 1.15. The number of carboxylic acids is 2. The molecule has 0 saturated carbocycles. The Kier molecular flexibility index (Phi) is 8.05. The average molecular weight is 307 g/mol. The van der Waals surface area contributed by atoms with Crippen LogP contribution in [0.1, 0.15) is 33.6 Å². The first-order valence-corrected chi connectivity index (χ1v) is 7.29. The van der Waals surface area contributed by atoms with Crippen molar-refractivity contribution in [3.8, 4) is 0 Å². The molecule has 0 spiro atoms. The van der Waals surface area contributed by atoms with Crippen molar-refractivity contribution in [2.45, 2.75) is 45.3 Å². The zero-order valence-electron chi connectivity index (χ0n) is 11.8. The Balaban J connectivity index is 4.08. The summed E-state index contributed by atoms with van der Waals surface area (Å²) in [6.07, 6.45) is -0.278. The van der Waals surface area contributed by atoms with Crippen LogP contribution in [0.25, 0.3) is 0 Å². The third-order valence-corrected chi connectivity index (χ3v) is 3.10. The molecule has 0 saturated heterocycles. The molecule has 0 aliphatic heterocycles. The lowest BCUT2D eigenvalue weighted by atomic mass is 10.2. The predicted octanol–water partition coefficient (Wildman–Crippen LogP) is 1.56. The van der Waals surface area contributed by atoms with E-state index < -0.39 is 29.7 Å². The van der Waals surface area contributed by atoms with Gasteiger partial charge in [-0.2, -0.15) is 11.8 Å². The molecule has 0 aromatic heterocycles. The van der Waals surface area contributed by atoms with E-state index in [-0.39, 0.29) is 12.2 Å². The quantitative estimate of drug-likeness (QED) is 0.583. The van der Waals surface area contributed by atoms with Gasteiger partial charge in [-0.15, -0.1) is 0 Å². The summed E-state index contributed by atoms with van der Waals surface area (Å²) in [4.78, 5) is 32.8. The van der Waals surface area contributed by atoms with Crippen LogP contribution in [0.5, 0.6) is 0 Å². The van der Waals surface area contributed by atoms with Crippen LogP contribution in [0, 0.1) is 0 Å². The number of thioether (sulfide) groups is 1. The summed E-state index contributed by atoms with van der Waals surface area (Å²) in [5.41, 5.74) is -0.693. The number of hydrogen-bond donors (Lipinski definition) is 3. The van der Waals surface area contributed by atoms with Gasteiger partial charge < -0.3 is 20.3 Å². The normalized spacial score (nSPS) is 12.6. The second-order valence-electron chi connectivity index (χ2n) is 5.11. The smallest absolute Gasteiger partial charge is 0.408 e. The van der Waals surface area contributed by atoms with E-state index >= 15 is 0 Å². The van der Waals surface area contributed by atoms with Gasteiger partial charge in [0, 0.05) is 12.2 Å². The lowest BCUT2D eigenvalue weighted by Gasteiger charge is -2.21. The van der Waals surface area contributed by atoms with E-state index in [1.54, 1.807) is 20.8 Å². The zero-order chi connectivity index (χ0) is 15.8. The maximum Gasteiger partial charge on any atom is 0.408 e. The van der Waals surface area contributed by atoms with Crippen LogP contribution in [0.4, 0.5) is 4.79 Å². The summed E-state index contributed by atoms with van der Waals surface area (Å²) in [6.45, 7) is 5.05. The highest BCUT2D eigenvalue weighted by Crippen LogP contribution is 2.10. The molecule has 0 fully saturated rings. The molecule has 116 valence electrons. The fraction of sp³-hybridized carbons (Fsp3) is 0.750. The Hall–Kier alpha value is -1.44. The van der Waals surface area contributed by atoms with Crippen LogP contribution in [-0.4, -0.2) is 51.4 Å². The Morgan fingerprint density at radius 3 is 2.30 bits per heavy atom. The maximum absolute atomic E-state index is 11.5. The predicted molar refractivity (Wildman–Crippen MR) is 75.0 cm³/mol. The van der Waals surface area contributed by atoms with E-state index in [0.717, 1.165) is 0 Å². The molecule has 0 aliphatic carbocycles. The summed E-state index contributed by atoms with van der Waals surface area (Å²) < 4.78 is 4.98. The molecule has 0 aromatic carbocycles. The molecule has 3 N–H and O–H groups in total. The van der Waals surface area contributed by atoms with E-state index in [4.69, 9.17) is 14.9 Å². The van der Waals surface area contributed by atoms with Crippen molar-refractivity contribution in [2.24, 2.45) is 0 Å². The summed E-state index contributed by atoms with van der Waals surface area (Å²) in [7, 11) is 0. The third-order valence-electron chi connectivity index (χ3n) is 1.95. The third kappa shape index (κ3) is 10.5. The Morgan fingerprint density at radius 1 is 1.25 bits per heavy atom. The lowest BCUT2D eigenvalue weighted by Crippen LogP contribution is -2.45. The zero-order valence-corrected chi connectivity index (χ0v) is 12.7. The van der Waals surface area contributed by atoms with Crippen molar-refractivity contribution in [1.29, 1.82) is 0 Å². The molecule has 0 heterocycles. The highest BCUT2D eigenvalue weighted by molar-refractivity contribution is 7.99. The number of alkyl carbamates (subject to hydrolysis) is 1. The minimum Gasteiger partial charge on any atom is -0.481 e. The van der Waals surface area contributed by atoms with Crippen molar-refractivity contribution in [1.82, 2.24) is 5.32 Å². The van der Waals surface area contributed by atoms with Crippen LogP contribution in [-0.2, 0) is 14.3 Å². The molecule has 0 aliphatic rings. The Labute approximate surface area is 122 Å². The molecule has 8 heteroatoms. The van der Waals surface area contributed by atoms with Gasteiger partial charge in [0.05, 0.1) is 0 Å². The number of aliphatic carboxylic acids is 2. The van der Waals surface area contributed by atoms with Crippen LogP contribution in [0.3, 0.4) is 0 Å². The first kappa shape index (κ1) is 18.6. The Bertz CT molecular complexity index is 352. The molecule has 1 atom stereocenters. The van der Waals surface area contributed by atoms with Gasteiger partial charge in [0.1, 0.15) is 11.6 Å². The summed E-state index contributed by atoms with van der Waals surface area (Å²) in [5.74, 6) is -1.35. The van der Waals surface area contributed by atoms with Crippen molar-refractivity contribution in [3.05, 3.63) is 0 Å². The first-order valence-electron chi connectivity index (χ1n) is 6.13. The van der Waals surface area contributed by atoms with Gasteiger partial charge in [-0.05, 0) is 32.9 Å². The van der Waals surface area contributed by atoms with Gasteiger partial charge in [0.25, 0.3) is 0 Å². The first-order chi connectivity index (χ1) is 9.11. The topological polar surface area (TPSA) is 113 Å². The second kappa shape index (κ2) is 8.68. The molecule has 7 nitrogen and oxygen atoms in total. The number of ether oxygens (including phenoxy) is 1. The van der Waals surface area contributed by atoms with Crippen LogP contribution in [0.2, 0.25) is 0 Å². The largest absolute Gasteiger partial charge is 0.481 e. The van der Waals surface area contributed by atoms with Crippen molar-refractivity contribution < 1.29 is 29.3 Å². The van der Waals surface area contributed by atoms with Crippen LogP contribution in [0.15, 0.2) is 0 Å². The standard InChI is InChI=1S/C12H21NO6S/c1-12(2,3)19-11(18)13-8(10(16)17)7-20-6-4-5-9(14)15/h8H,4-7H2,1-3H3,(H,13,18)(H,14,15)(H,16,17). The van der Waals surface area contributed by atoms with Gasteiger partial charge >= 0.3 is 18.0 Å². The molecule has 20 heavy (non-hydrogen) atoms. The van der Waals surface area contributed by atoms with Gasteiger partial charge in [0.15, 0.2) is 0 Å². The molecule has 0 bridgehead atoms. The molecule has 0 aromatic rings. The van der Waals surface area contributed by atoms with Gasteiger partial charge in [-0.3, -0.25) is 4.79 Å². The second-order valence-corrected chi connectivity index (χ2v) is 6.26. The number of carbonyl (C=O) groups excluding carboxylic acids is 1. The van der Waals surface area contributed by atoms with Crippen LogP contribution >= 0.6 is 11.8 Å². The minimum absolute atomic E-state index is 0.0459. The van der Waals surface area contributed by atoms with Gasteiger partial charge in [0.2, 0.25) is 0 Å². The number of carbonyl (C=O) groups is 3. The van der Waals surface area contributed by atoms with E-state index in [0.29, 0.717) is 12.2 Å². The maximum atomic E-state index is 11.5. The van der Waals surface area contributed by atoms with Crippen molar-refractivity contribution in [2.75, 3.05) is 11.5 Å². The minimum atomic E-state index is -1.15. The molecule has 1 amide bonds. The van der Waals surface area contributed by atoms with Gasteiger partial charge in [-0.25, -0.2) is 9.59 Å². The van der Waals surface area contributed by atoms with Crippen molar-refractivity contribution >= 4 is 29.8 Å². The van der Waals surface area contributed by atoms with E-state index in [1.165, 1.54) is 11.8 Å². The number of nitrogens with one attached hydrogen (secondary N) is 1. The number of rotatable bonds is 8. The molecule has 1 unspecified atom stereocenters. The molecular formula is C12H21NO6S. The fourth-order valence-corrected chi connectivity index (χ4v) is 2.13. The molecule has 0 rings (SSSR count). The SMILES string of the molecule is CC(C)(C)OC(=O)NC(CSCCCC(=O)O)C(=O)O. The summed E-state index contributed by atoms with van der Waals surface area (Å²) >= 11 is 1.28. The summed E-state index contributed by atoms with van der Waals surface area (Å²) in [6, 6.07) is -1.06. The number of carboxylic acid groups (broad SMARTS) is 2. The highest BCUT2D eigenvalue weighted by Gasteiger charge is 2.23. The lowest BCUT2D eigenvalue weighted by molar-refractivity contribution is -0.139. The average Bonchev–Trinajstić information content (AvgIpc) is 2.23. The highest BCUT2D eigenvalue weighted by atomic mass is 32.2. The number of amides is 1. The molecular weight excluding hydrogens is 286 g/mol. The summed E-state index contributed by atoms with van der Waals surface area (Å²) in [5, 5.41) is 19.7. The Morgan fingerprint density at radius 2 is 1.85 bits per heavy atom. The number of hydrogen-bond acceptors (Lipinski definition) is 5. The van der Waals surface area contributed by atoms with E-state index in [9.17, 15) is 14.4 Å². The molecule has 0 radical (unpaired) electrons. The van der Waals surface area contributed by atoms with E-state index in [1.807, 2.05) is 0 Å². The van der Waals surface area contributed by atoms with Crippen LogP contribution < -0.4 is 5.32 Å². The van der Waals surface area contributed by atoms with E-state index in [2.05, 4.69) is 5.32 Å². The monoisotopic (exact) mass is 307 g/mol. The van der Waals surface area contributed by atoms with Crippen molar-refractivity contribution in [3.63, 3.8) is 0 Å².